The van der Waals surface area contributed by atoms with E-state index in [4.69, 9.17) is 35.4 Å². The molecular weight excluding hydrogens is 525 g/mol. The van der Waals surface area contributed by atoms with E-state index in [1.165, 1.54) is 23.5 Å². The van der Waals surface area contributed by atoms with Gasteiger partial charge in [-0.15, -0.1) is 23.1 Å². The molecule has 188 valence electrons. The SMILES string of the molecule is COc1ccc(SC[C@@H](COc2ccc(C(F)(F)F)cc2)OCc2ccc(Cl)s2)cc1C.O=C=O. The lowest BCUT2D eigenvalue weighted by Gasteiger charge is -2.19. The minimum atomic E-state index is -4.38. The van der Waals surface area contributed by atoms with Gasteiger partial charge in [-0.2, -0.15) is 22.8 Å². The minimum Gasteiger partial charge on any atom is -0.496 e. The number of rotatable bonds is 10. The van der Waals surface area contributed by atoms with Crippen molar-refractivity contribution >= 4 is 40.9 Å². The van der Waals surface area contributed by atoms with E-state index in [9.17, 15) is 13.2 Å². The summed E-state index contributed by atoms with van der Waals surface area (Å²) in [5.74, 6) is 1.78. The summed E-state index contributed by atoms with van der Waals surface area (Å²) in [4.78, 5) is 18.3. The third-order valence-corrected chi connectivity index (χ3v) is 6.84. The molecule has 5 nitrogen and oxygen atoms in total. The summed E-state index contributed by atoms with van der Waals surface area (Å²) >= 11 is 9.04. The summed E-state index contributed by atoms with van der Waals surface area (Å²) in [6.07, 6.45) is -4.41. The Bertz CT molecular complexity index is 1100. The Morgan fingerprint density at radius 2 is 1.77 bits per heavy atom. The van der Waals surface area contributed by atoms with Gasteiger partial charge in [-0.25, -0.2) is 0 Å². The van der Waals surface area contributed by atoms with Crippen LogP contribution in [0.4, 0.5) is 13.2 Å². The zero-order chi connectivity index (χ0) is 25.8. The molecule has 35 heavy (non-hydrogen) atoms. The van der Waals surface area contributed by atoms with Crippen LogP contribution in [0.15, 0.2) is 59.5 Å². The smallest absolute Gasteiger partial charge is 0.416 e. The highest BCUT2D eigenvalue weighted by molar-refractivity contribution is 7.99. The molecule has 0 N–H and O–H groups in total. The highest BCUT2D eigenvalue weighted by Crippen LogP contribution is 2.31. The van der Waals surface area contributed by atoms with E-state index in [-0.39, 0.29) is 18.9 Å². The lowest BCUT2D eigenvalue weighted by molar-refractivity contribution is -0.191. The van der Waals surface area contributed by atoms with Crippen molar-refractivity contribution in [3.63, 3.8) is 0 Å². The summed E-state index contributed by atoms with van der Waals surface area (Å²) in [5.41, 5.74) is 0.321. The van der Waals surface area contributed by atoms with Crippen LogP contribution in [0.2, 0.25) is 4.34 Å². The van der Waals surface area contributed by atoms with Gasteiger partial charge in [0.15, 0.2) is 0 Å². The van der Waals surface area contributed by atoms with E-state index in [0.29, 0.717) is 22.4 Å². The molecule has 0 spiro atoms. The average molecular weight is 547 g/mol. The van der Waals surface area contributed by atoms with Crippen molar-refractivity contribution in [2.24, 2.45) is 0 Å². The number of halogens is 4. The number of hydrogen-bond acceptors (Lipinski definition) is 7. The first-order chi connectivity index (χ1) is 16.7. The maximum atomic E-state index is 12.8. The molecule has 1 heterocycles. The molecule has 0 aliphatic heterocycles. The zero-order valence-corrected chi connectivity index (χ0v) is 21.2. The lowest BCUT2D eigenvalue weighted by Crippen LogP contribution is -2.24. The Kier molecular flexibility index (Phi) is 11.6. The number of methoxy groups -OCH3 is 1. The largest absolute Gasteiger partial charge is 0.496 e. The van der Waals surface area contributed by atoms with Gasteiger partial charge in [0.05, 0.1) is 23.6 Å². The Hall–Kier alpha value is -2.49. The first-order valence-corrected chi connectivity index (χ1v) is 12.3. The maximum Gasteiger partial charge on any atom is 0.416 e. The molecule has 0 radical (unpaired) electrons. The zero-order valence-electron chi connectivity index (χ0n) is 18.8. The number of hydrogen-bond donors (Lipinski definition) is 0. The van der Waals surface area contributed by atoms with Crippen molar-refractivity contribution in [1.29, 1.82) is 0 Å². The average Bonchev–Trinajstić information content (AvgIpc) is 3.24. The van der Waals surface area contributed by atoms with E-state index >= 15 is 0 Å². The molecule has 0 amide bonds. The van der Waals surface area contributed by atoms with E-state index in [0.717, 1.165) is 33.2 Å². The van der Waals surface area contributed by atoms with Crippen LogP contribution in [0.5, 0.6) is 11.5 Å². The Morgan fingerprint density at radius 3 is 2.31 bits per heavy atom. The Balaban J connectivity index is 0.00000137. The second-order valence-electron chi connectivity index (χ2n) is 7.00. The summed E-state index contributed by atoms with van der Waals surface area (Å²) in [6, 6.07) is 14.3. The standard InChI is InChI=1S/C23H22ClF3O3S2.CO2/c1-15-11-19(7-9-21(15)28-2)31-14-18(30-13-20-8-10-22(24)32-20)12-29-17-5-3-16(4-6-17)23(25,26)27;2-1-3/h3-11,18H,12-14H2,1-2H3;/t18-;/m1./s1. The molecule has 0 unspecified atom stereocenters. The first-order valence-electron chi connectivity index (χ1n) is 10.1. The monoisotopic (exact) mass is 546 g/mol. The van der Waals surface area contributed by atoms with Crippen LogP contribution in [0, 0.1) is 6.92 Å². The van der Waals surface area contributed by atoms with E-state index in [2.05, 4.69) is 0 Å². The number of aryl methyl sites for hydroxylation is 1. The van der Waals surface area contributed by atoms with Gasteiger partial charge < -0.3 is 14.2 Å². The Morgan fingerprint density at radius 1 is 1.09 bits per heavy atom. The van der Waals surface area contributed by atoms with Crippen molar-refractivity contribution in [3.8, 4) is 11.5 Å². The molecule has 1 aromatic heterocycles. The van der Waals surface area contributed by atoms with Crippen molar-refractivity contribution in [2.45, 2.75) is 30.7 Å². The van der Waals surface area contributed by atoms with Crippen LogP contribution < -0.4 is 9.47 Å². The van der Waals surface area contributed by atoms with Gasteiger partial charge in [0, 0.05) is 15.5 Å². The van der Waals surface area contributed by atoms with Crippen molar-refractivity contribution in [1.82, 2.24) is 0 Å². The summed E-state index contributed by atoms with van der Waals surface area (Å²) in [5, 5.41) is 0. The van der Waals surface area contributed by atoms with Crippen molar-refractivity contribution in [2.75, 3.05) is 19.5 Å². The van der Waals surface area contributed by atoms with Crippen molar-refractivity contribution < 1.29 is 37.0 Å². The van der Waals surface area contributed by atoms with Gasteiger partial charge in [-0.3, -0.25) is 0 Å². The van der Waals surface area contributed by atoms with Crippen LogP contribution in [0.1, 0.15) is 16.0 Å². The molecule has 0 aliphatic rings. The second-order valence-corrected chi connectivity index (χ2v) is 9.89. The van der Waals surface area contributed by atoms with Gasteiger partial charge in [0.25, 0.3) is 0 Å². The van der Waals surface area contributed by atoms with E-state index in [1.807, 2.05) is 37.3 Å². The van der Waals surface area contributed by atoms with Crippen LogP contribution in [-0.2, 0) is 27.1 Å². The topological polar surface area (TPSA) is 61.8 Å². The van der Waals surface area contributed by atoms with Crippen LogP contribution in [0.25, 0.3) is 0 Å². The number of thiophene rings is 1. The lowest BCUT2D eigenvalue weighted by atomic mass is 10.2. The molecule has 3 rings (SSSR count). The molecule has 0 fully saturated rings. The van der Waals surface area contributed by atoms with Gasteiger partial charge in [0.1, 0.15) is 24.2 Å². The molecule has 1 atom stereocenters. The summed E-state index contributed by atoms with van der Waals surface area (Å²) in [6.45, 7) is 2.55. The number of ether oxygens (including phenoxy) is 3. The highest BCUT2D eigenvalue weighted by Gasteiger charge is 2.30. The van der Waals surface area contributed by atoms with Crippen LogP contribution in [-0.4, -0.2) is 31.7 Å². The number of alkyl halides is 3. The van der Waals surface area contributed by atoms with Gasteiger partial charge in [-0.1, -0.05) is 11.6 Å². The fraction of sp³-hybridized carbons (Fsp3) is 0.292. The predicted octanol–water partition coefficient (Wildman–Crippen LogP) is 6.91. The quantitative estimate of drug-likeness (QED) is 0.257. The molecule has 0 bridgehead atoms. The molecular formula is C24H22ClF3O5S2. The number of thioether (sulfide) groups is 1. The number of benzene rings is 2. The molecule has 2 aromatic carbocycles. The van der Waals surface area contributed by atoms with Crippen molar-refractivity contribution in [3.05, 3.63) is 74.9 Å². The van der Waals surface area contributed by atoms with Gasteiger partial charge >= 0.3 is 12.3 Å². The van der Waals surface area contributed by atoms with Crippen LogP contribution in [0.3, 0.4) is 0 Å². The van der Waals surface area contributed by atoms with Crippen LogP contribution >= 0.6 is 34.7 Å². The second kappa shape index (κ2) is 14.2. The fourth-order valence-electron chi connectivity index (χ4n) is 2.83. The maximum absolute atomic E-state index is 12.8. The summed E-state index contributed by atoms with van der Waals surface area (Å²) in [7, 11) is 1.63. The third-order valence-electron chi connectivity index (χ3n) is 4.51. The molecule has 0 aliphatic carbocycles. The number of carbonyl (C=O) groups excluding carboxylic acids is 2. The minimum absolute atomic E-state index is 0.201. The van der Waals surface area contributed by atoms with E-state index < -0.39 is 11.7 Å². The molecule has 11 heteroatoms. The van der Waals surface area contributed by atoms with Gasteiger partial charge in [0.2, 0.25) is 0 Å². The fourth-order valence-corrected chi connectivity index (χ4v) is 4.84. The third kappa shape index (κ3) is 9.95. The van der Waals surface area contributed by atoms with Gasteiger partial charge in [-0.05, 0) is 67.1 Å². The molecule has 0 saturated heterocycles. The predicted molar refractivity (Wildman–Crippen MR) is 128 cm³/mol. The highest BCUT2D eigenvalue weighted by atomic mass is 35.5. The normalized spacial score (nSPS) is 11.7. The Labute approximate surface area is 214 Å². The molecule has 0 saturated carbocycles. The summed E-state index contributed by atoms with van der Waals surface area (Å²) < 4.78 is 56.0. The first kappa shape index (κ1) is 28.7. The molecule has 3 aromatic rings. The van der Waals surface area contributed by atoms with E-state index in [1.54, 1.807) is 18.9 Å².